The zero-order valence-electron chi connectivity index (χ0n) is 11.4. The Morgan fingerprint density at radius 2 is 2.22 bits per heavy atom. The van der Waals surface area contributed by atoms with Crippen molar-refractivity contribution in [1.82, 2.24) is 4.90 Å². The molecule has 0 amide bonds. The van der Waals surface area contributed by atoms with E-state index < -0.39 is 11.6 Å². The summed E-state index contributed by atoms with van der Waals surface area (Å²) in [6.45, 7) is 7.22. The number of likely N-dealkylation sites (N-methyl/N-ethyl adjacent to an activating group) is 1. The molecule has 1 N–H and O–H groups in total. The molecule has 1 aromatic heterocycles. The maximum absolute atomic E-state index is 11.5. The normalized spacial score (nSPS) is 11.9. The van der Waals surface area contributed by atoms with Crippen LogP contribution >= 0.6 is 0 Å². The van der Waals surface area contributed by atoms with Gasteiger partial charge in [-0.05, 0) is 26.5 Å². The molecule has 1 heterocycles. The van der Waals surface area contributed by atoms with E-state index in [9.17, 15) is 9.90 Å². The largest absolute Gasteiger partial charge is 0.467 e. The van der Waals surface area contributed by atoms with Crippen molar-refractivity contribution in [3.63, 3.8) is 0 Å². The molecule has 102 valence electrons. The zero-order valence-corrected chi connectivity index (χ0v) is 11.4. The average Bonchev–Trinajstić information content (AvgIpc) is 2.73. The molecule has 0 bridgehead atoms. The molecule has 0 saturated carbocycles. The predicted octanol–water partition coefficient (Wildman–Crippen LogP) is 1.66. The first-order valence-corrected chi connectivity index (χ1v) is 5.96. The molecule has 1 aromatic rings. The van der Waals surface area contributed by atoms with Crippen molar-refractivity contribution in [2.45, 2.75) is 32.9 Å². The van der Waals surface area contributed by atoms with E-state index in [2.05, 4.69) is 4.74 Å². The number of rotatable bonds is 6. The van der Waals surface area contributed by atoms with E-state index in [0.29, 0.717) is 24.4 Å². The molecular formula is C13H21NO4. The van der Waals surface area contributed by atoms with Gasteiger partial charge in [0.25, 0.3) is 0 Å². The summed E-state index contributed by atoms with van der Waals surface area (Å²) < 4.78 is 9.99. The first-order valence-electron chi connectivity index (χ1n) is 5.96. The van der Waals surface area contributed by atoms with Gasteiger partial charge in [-0.2, -0.15) is 0 Å². The van der Waals surface area contributed by atoms with Crippen molar-refractivity contribution < 1.29 is 19.1 Å². The van der Waals surface area contributed by atoms with E-state index in [1.54, 1.807) is 19.9 Å². The van der Waals surface area contributed by atoms with Crippen LogP contribution in [0.4, 0.5) is 0 Å². The van der Waals surface area contributed by atoms with Crippen LogP contribution < -0.4 is 0 Å². The van der Waals surface area contributed by atoms with Gasteiger partial charge in [0.1, 0.15) is 11.3 Å². The van der Waals surface area contributed by atoms with E-state index >= 15 is 0 Å². The Balaban J connectivity index is 2.76. The van der Waals surface area contributed by atoms with Crippen molar-refractivity contribution in [1.29, 1.82) is 0 Å². The van der Waals surface area contributed by atoms with Gasteiger partial charge in [0.05, 0.1) is 25.5 Å². The van der Waals surface area contributed by atoms with Gasteiger partial charge in [-0.15, -0.1) is 0 Å². The van der Waals surface area contributed by atoms with Crippen molar-refractivity contribution in [3.8, 4) is 0 Å². The van der Waals surface area contributed by atoms with Gasteiger partial charge in [0, 0.05) is 6.54 Å². The first-order chi connectivity index (χ1) is 8.37. The van der Waals surface area contributed by atoms with Gasteiger partial charge in [0.2, 0.25) is 0 Å². The van der Waals surface area contributed by atoms with Gasteiger partial charge in [0.15, 0.2) is 0 Å². The number of nitrogens with zero attached hydrogens (tertiary/aromatic N) is 1. The minimum absolute atomic E-state index is 0.405. The van der Waals surface area contributed by atoms with E-state index in [1.165, 1.54) is 13.4 Å². The maximum Gasteiger partial charge on any atom is 0.341 e. The summed E-state index contributed by atoms with van der Waals surface area (Å²) in [7, 11) is 1.34. The summed E-state index contributed by atoms with van der Waals surface area (Å²) in [6.07, 6.45) is 1.47. The van der Waals surface area contributed by atoms with Crippen LogP contribution in [0.15, 0.2) is 16.7 Å². The molecule has 0 unspecified atom stereocenters. The topological polar surface area (TPSA) is 62.9 Å². The Labute approximate surface area is 107 Å². The van der Waals surface area contributed by atoms with Gasteiger partial charge in [-0.3, -0.25) is 4.90 Å². The maximum atomic E-state index is 11.5. The third kappa shape index (κ3) is 4.16. The van der Waals surface area contributed by atoms with Crippen LogP contribution in [0.2, 0.25) is 0 Å². The molecule has 5 nitrogen and oxygen atoms in total. The number of carbonyl (C=O) groups is 1. The molecule has 5 heteroatoms. The number of carbonyl (C=O) groups excluding carboxylic acids is 1. The predicted molar refractivity (Wildman–Crippen MR) is 67.3 cm³/mol. The Bertz CT molecular complexity index is 392. The van der Waals surface area contributed by atoms with Crippen LogP contribution in [0.1, 0.15) is 36.9 Å². The molecule has 0 aliphatic carbocycles. The van der Waals surface area contributed by atoms with Crippen molar-refractivity contribution in [3.05, 3.63) is 23.7 Å². The Morgan fingerprint density at radius 3 is 2.72 bits per heavy atom. The van der Waals surface area contributed by atoms with E-state index in [-0.39, 0.29) is 0 Å². The SMILES string of the molecule is CCN(Cc1occc1C(=O)OC)CC(C)(C)O. The van der Waals surface area contributed by atoms with Gasteiger partial charge in [-0.25, -0.2) is 4.79 Å². The summed E-state index contributed by atoms with van der Waals surface area (Å²) in [5, 5.41) is 9.81. The van der Waals surface area contributed by atoms with Crippen LogP contribution in [0, 0.1) is 0 Å². The smallest absolute Gasteiger partial charge is 0.341 e. The van der Waals surface area contributed by atoms with Crippen LogP contribution in [0.5, 0.6) is 0 Å². The average molecular weight is 255 g/mol. The van der Waals surface area contributed by atoms with Crippen LogP contribution in [0.3, 0.4) is 0 Å². The number of aliphatic hydroxyl groups is 1. The lowest BCUT2D eigenvalue weighted by Crippen LogP contribution is -2.38. The molecule has 0 spiro atoms. The fourth-order valence-electron chi connectivity index (χ4n) is 1.78. The lowest BCUT2D eigenvalue weighted by Gasteiger charge is -2.27. The minimum Gasteiger partial charge on any atom is -0.467 e. The summed E-state index contributed by atoms with van der Waals surface area (Å²) in [5.74, 6) is 0.158. The molecule has 0 fully saturated rings. The van der Waals surface area contributed by atoms with Crippen LogP contribution in [-0.2, 0) is 11.3 Å². The quantitative estimate of drug-likeness (QED) is 0.783. The van der Waals surface area contributed by atoms with E-state index in [4.69, 9.17) is 4.42 Å². The Hall–Kier alpha value is -1.33. The third-order valence-electron chi connectivity index (χ3n) is 2.58. The van der Waals surface area contributed by atoms with Crippen molar-refractivity contribution in [2.75, 3.05) is 20.2 Å². The van der Waals surface area contributed by atoms with Crippen LogP contribution in [0.25, 0.3) is 0 Å². The Morgan fingerprint density at radius 1 is 1.56 bits per heavy atom. The van der Waals surface area contributed by atoms with Crippen molar-refractivity contribution in [2.24, 2.45) is 0 Å². The molecule has 0 atom stereocenters. The van der Waals surface area contributed by atoms with Gasteiger partial charge < -0.3 is 14.3 Å². The zero-order chi connectivity index (χ0) is 13.8. The number of methoxy groups -OCH3 is 1. The highest BCUT2D eigenvalue weighted by molar-refractivity contribution is 5.90. The molecule has 0 aromatic carbocycles. The lowest BCUT2D eigenvalue weighted by atomic mass is 10.1. The first kappa shape index (κ1) is 14.7. The standard InChI is InChI=1S/C13H21NO4/c1-5-14(9-13(2,3)16)8-11-10(6-7-18-11)12(15)17-4/h6-7,16H,5,8-9H2,1-4H3. The fourth-order valence-corrected chi connectivity index (χ4v) is 1.78. The lowest BCUT2D eigenvalue weighted by molar-refractivity contribution is 0.0331. The number of esters is 1. The number of ether oxygens (including phenoxy) is 1. The van der Waals surface area contributed by atoms with E-state index in [1.807, 2.05) is 11.8 Å². The fraction of sp³-hybridized carbons (Fsp3) is 0.615. The minimum atomic E-state index is -0.784. The number of hydrogen-bond acceptors (Lipinski definition) is 5. The number of furan rings is 1. The highest BCUT2D eigenvalue weighted by Gasteiger charge is 2.21. The van der Waals surface area contributed by atoms with Gasteiger partial charge >= 0.3 is 5.97 Å². The van der Waals surface area contributed by atoms with Gasteiger partial charge in [-0.1, -0.05) is 6.92 Å². The van der Waals surface area contributed by atoms with Crippen LogP contribution in [-0.4, -0.2) is 41.8 Å². The summed E-state index contributed by atoms with van der Waals surface area (Å²) in [6, 6.07) is 1.60. The third-order valence-corrected chi connectivity index (χ3v) is 2.58. The molecule has 0 aliphatic rings. The highest BCUT2D eigenvalue weighted by atomic mass is 16.5. The monoisotopic (exact) mass is 255 g/mol. The number of hydrogen-bond donors (Lipinski definition) is 1. The second-order valence-electron chi connectivity index (χ2n) is 4.86. The summed E-state index contributed by atoms with van der Waals surface area (Å²) in [5.41, 5.74) is -0.347. The van der Waals surface area contributed by atoms with E-state index in [0.717, 1.165) is 6.54 Å². The van der Waals surface area contributed by atoms with Crippen molar-refractivity contribution >= 4 is 5.97 Å². The highest BCUT2D eigenvalue weighted by Crippen LogP contribution is 2.16. The molecule has 0 radical (unpaired) electrons. The molecule has 18 heavy (non-hydrogen) atoms. The molecular weight excluding hydrogens is 234 g/mol. The molecule has 1 rings (SSSR count). The molecule has 0 aliphatic heterocycles. The summed E-state index contributed by atoms with van der Waals surface area (Å²) in [4.78, 5) is 13.5. The second-order valence-corrected chi connectivity index (χ2v) is 4.86. The summed E-state index contributed by atoms with van der Waals surface area (Å²) >= 11 is 0. The molecule has 0 saturated heterocycles. The second kappa shape index (κ2) is 6.02. The Kier molecular flexibility index (Phi) is 4.93.